The van der Waals surface area contributed by atoms with Crippen molar-refractivity contribution in [3.05, 3.63) is 30.5 Å². The maximum absolute atomic E-state index is 12.5. The van der Waals surface area contributed by atoms with Gasteiger partial charge in [-0.1, -0.05) is 6.07 Å². The van der Waals surface area contributed by atoms with Gasteiger partial charge in [-0.05, 0) is 49.9 Å². The Morgan fingerprint density at radius 2 is 2.30 bits per heavy atom. The minimum Gasteiger partial charge on any atom is -0.383 e. The molecule has 0 saturated carbocycles. The lowest BCUT2D eigenvalue weighted by atomic mass is 9.92. The number of fused-ring (bicyclic) bond motifs is 1. The van der Waals surface area contributed by atoms with Crippen LogP contribution in [0, 0.1) is 5.92 Å². The number of piperidine rings is 1. The second-order valence-electron chi connectivity index (χ2n) is 6.34. The molecular weight excluding hydrogens is 290 g/mol. The van der Waals surface area contributed by atoms with E-state index in [1.807, 2.05) is 12.1 Å². The number of ether oxygens (including phenoxy) is 1. The van der Waals surface area contributed by atoms with Crippen molar-refractivity contribution >= 4 is 22.5 Å². The fourth-order valence-corrected chi connectivity index (χ4v) is 3.26. The van der Waals surface area contributed by atoms with Crippen LogP contribution in [0.15, 0.2) is 30.5 Å². The molecule has 1 aromatic carbocycles. The Hall–Kier alpha value is -1.85. The third-order valence-electron chi connectivity index (χ3n) is 4.57. The smallest absolute Gasteiger partial charge is 0.227 e. The second-order valence-corrected chi connectivity index (χ2v) is 6.34. The standard InChI is InChI=1S/C18H25N3O2/c1-13-11-15(5-7-19-13)18(22)20-16-4-3-14-6-8-21(9-10-23-2)17(14)12-16/h3-4,6,8,12-13,15,19H,5,7,9-11H2,1-2H3,(H,20,22)/t13-,15-/m0/s1. The highest BCUT2D eigenvalue weighted by molar-refractivity contribution is 5.95. The van der Waals surface area contributed by atoms with E-state index >= 15 is 0 Å². The van der Waals surface area contributed by atoms with Gasteiger partial charge in [0.1, 0.15) is 0 Å². The lowest BCUT2D eigenvalue weighted by molar-refractivity contribution is -0.120. The van der Waals surface area contributed by atoms with Gasteiger partial charge in [0.2, 0.25) is 5.91 Å². The summed E-state index contributed by atoms with van der Waals surface area (Å²) >= 11 is 0. The van der Waals surface area contributed by atoms with Gasteiger partial charge in [0.05, 0.1) is 12.1 Å². The molecule has 1 amide bonds. The number of rotatable bonds is 5. The van der Waals surface area contributed by atoms with E-state index in [0.29, 0.717) is 12.6 Å². The van der Waals surface area contributed by atoms with Crippen LogP contribution in [-0.2, 0) is 16.1 Å². The van der Waals surface area contributed by atoms with Crippen LogP contribution in [0.5, 0.6) is 0 Å². The largest absolute Gasteiger partial charge is 0.383 e. The third-order valence-corrected chi connectivity index (χ3v) is 4.57. The van der Waals surface area contributed by atoms with E-state index in [4.69, 9.17) is 4.74 Å². The summed E-state index contributed by atoms with van der Waals surface area (Å²) in [5.74, 6) is 0.231. The summed E-state index contributed by atoms with van der Waals surface area (Å²) in [5, 5.41) is 7.64. The molecule has 0 spiro atoms. The highest BCUT2D eigenvalue weighted by atomic mass is 16.5. The molecule has 1 saturated heterocycles. The fourth-order valence-electron chi connectivity index (χ4n) is 3.26. The Morgan fingerprint density at radius 1 is 1.43 bits per heavy atom. The lowest BCUT2D eigenvalue weighted by Gasteiger charge is -2.27. The van der Waals surface area contributed by atoms with E-state index in [0.717, 1.165) is 37.1 Å². The maximum atomic E-state index is 12.5. The number of benzene rings is 1. The predicted molar refractivity (Wildman–Crippen MR) is 92.6 cm³/mol. The van der Waals surface area contributed by atoms with Crippen LogP contribution >= 0.6 is 0 Å². The van der Waals surface area contributed by atoms with Crippen LogP contribution in [0.2, 0.25) is 0 Å². The number of hydrogen-bond donors (Lipinski definition) is 2. The number of methoxy groups -OCH3 is 1. The average molecular weight is 315 g/mol. The molecule has 0 aliphatic carbocycles. The van der Waals surface area contributed by atoms with Crippen LogP contribution in [0.1, 0.15) is 19.8 Å². The summed E-state index contributed by atoms with van der Waals surface area (Å²) in [6.07, 6.45) is 3.87. The van der Waals surface area contributed by atoms with Crippen molar-refractivity contribution in [1.82, 2.24) is 9.88 Å². The average Bonchev–Trinajstić information content (AvgIpc) is 2.95. The first kappa shape index (κ1) is 16.0. The van der Waals surface area contributed by atoms with Crippen molar-refractivity contribution in [2.45, 2.75) is 32.4 Å². The molecule has 3 rings (SSSR count). The number of amides is 1. The molecule has 1 aliphatic rings. The van der Waals surface area contributed by atoms with Crippen LogP contribution < -0.4 is 10.6 Å². The van der Waals surface area contributed by atoms with Gasteiger partial charge < -0.3 is 19.9 Å². The van der Waals surface area contributed by atoms with Gasteiger partial charge in [-0.2, -0.15) is 0 Å². The third kappa shape index (κ3) is 3.74. The molecule has 0 unspecified atom stereocenters. The number of anilines is 1. The number of hydrogen-bond acceptors (Lipinski definition) is 3. The Labute approximate surface area is 137 Å². The van der Waals surface area contributed by atoms with Gasteiger partial charge in [0.25, 0.3) is 0 Å². The highest BCUT2D eigenvalue weighted by Gasteiger charge is 2.24. The summed E-state index contributed by atoms with van der Waals surface area (Å²) in [5.41, 5.74) is 1.99. The molecule has 23 heavy (non-hydrogen) atoms. The van der Waals surface area contributed by atoms with E-state index in [-0.39, 0.29) is 11.8 Å². The fraction of sp³-hybridized carbons (Fsp3) is 0.500. The van der Waals surface area contributed by atoms with Gasteiger partial charge in [-0.25, -0.2) is 0 Å². The van der Waals surface area contributed by atoms with Crippen molar-refractivity contribution in [1.29, 1.82) is 0 Å². The van der Waals surface area contributed by atoms with Crippen molar-refractivity contribution in [2.24, 2.45) is 5.92 Å². The number of nitrogens with zero attached hydrogens (tertiary/aromatic N) is 1. The summed E-state index contributed by atoms with van der Waals surface area (Å²) in [6, 6.07) is 8.58. The van der Waals surface area contributed by atoms with Crippen molar-refractivity contribution in [2.75, 3.05) is 25.6 Å². The monoisotopic (exact) mass is 315 g/mol. The molecule has 1 aliphatic heterocycles. The van der Waals surface area contributed by atoms with Crippen LogP contribution in [0.3, 0.4) is 0 Å². The Balaban J connectivity index is 1.73. The first-order chi connectivity index (χ1) is 11.2. The molecule has 1 fully saturated rings. The van der Waals surface area contributed by atoms with Crippen molar-refractivity contribution < 1.29 is 9.53 Å². The number of aromatic nitrogens is 1. The molecule has 2 atom stereocenters. The van der Waals surface area contributed by atoms with Gasteiger partial charge in [-0.15, -0.1) is 0 Å². The predicted octanol–water partition coefficient (Wildman–Crippen LogP) is 2.61. The zero-order chi connectivity index (χ0) is 16.2. The van der Waals surface area contributed by atoms with Gasteiger partial charge in [-0.3, -0.25) is 4.79 Å². The molecule has 2 aromatic rings. The van der Waals surface area contributed by atoms with Crippen LogP contribution in [-0.4, -0.2) is 36.8 Å². The zero-order valence-corrected chi connectivity index (χ0v) is 13.8. The second kappa shape index (κ2) is 7.15. The number of carbonyl (C=O) groups is 1. The van der Waals surface area contributed by atoms with E-state index in [1.54, 1.807) is 7.11 Å². The molecule has 2 N–H and O–H groups in total. The molecule has 5 heteroatoms. The molecule has 124 valence electrons. The van der Waals surface area contributed by atoms with E-state index in [1.165, 1.54) is 5.39 Å². The maximum Gasteiger partial charge on any atom is 0.227 e. The van der Waals surface area contributed by atoms with Crippen molar-refractivity contribution in [3.8, 4) is 0 Å². The minimum absolute atomic E-state index is 0.0993. The number of carbonyl (C=O) groups excluding carboxylic acids is 1. The van der Waals surface area contributed by atoms with Gasteiger partial charge in [0, 0.05) is 37.5 Å². The van der Waals surface area contributed by atoms with E-state index in [9.17, 15) is 4.79 Å². The summed E-state index contributed by atoms with van der Waals surface area (Å²) in [7, 11) is 1.71. The Morgan fingerprint density at radius 3 is 3.09 bits per heavy atom. The Bertz CT molecular complexity index is 680. The SMILES string of the molecule is COCCn1ccc2ccc(NC(=O)[C@H]3CCN[C@@H](C)C3)cc21. The summed E-state index contributed by atoms with van der Waals surface area (Å²) in [6.45, 7) is 4.53. The van der Waals surface area contributed by atoms with Gasteiger partial charge >= 0.3 is 0 Å². The molecule has 0 bridgehead atoms. The topological polar surface area (TPSA) is 55.3 Å². The molecular formula is C18H25N3O2. The first-order valence-electron chi connectivity index (χ1n) is 8.29. The molecule has 5 nitrogen and oxygen atoms in total. The number of nitrogens with one attached hydrogen (secondary N) is 2. The van der Waals surface area contributed by atoms with E-state index in [2.05, 4.69) is 40.5 Å². The van der Waals surface area contributed by atoms with Crippen LogP contribution in [0.4, 0.5) is 5.69 Å². The van der Waals surface area contributed by atoms with Crippen LogP contribution in [0.25, 0.3) is 10.9 Å². The zero-order valence-electron chi connectivity index (χ0n) is 13.8. The highest BCUT2D eigenvalue weighted by Crippen LogP contribution is 2.23. The molecule has 2 heterocycles. The van der Waals surface area contributed by atoms with Crippen molar-refractivity contribution in [3.63, 3.8) is 0 Å². The normalized spacial score (nSPS) is 21.5. The quantitative estimate of drug-likeness (QED) is 0.892. The lowest BCUT2D eigenvalue weighted by Crippen LogP contribution is -2.40. The van der Waals surface area contributed by atoms with E-state index < -0.39 is 0 Å². The van der Waals surface area contributed by atoms with Gasteiger partial charge in [0.15, 0.2) is 0 Å². The summed E-state index contributed by atoms with van der Waals surface area (Å²) in [4.78, 5) is 12.5. The molecule has 0 radical (unpaired) electrons. The molecule has 1 aromatic heterocycles. The Kier molecular flexibility index (Phi) is 4.98. The first-order valence-corrected chi connectivity index (χ1v) is 8.29. The summed E-state index contributed by atoms with van der Waals surface area (Å²) < 4.78 is 7.31. The minimum atomic E-state index is 0.0993.